The molecule has 2 bridgehead atoms. The number of aromatic nitrogens is 3. The molecular formula is C21H23FN6O2. The highest BCUT2D eigenvalue weighted by molar-refractivity contribution is 5.93. The van der Waals surface area contributed by atoms with E-state index in [1.165, 1.54) is 12.1 Å². The molecule has 1 aromatic carbocycles. The molecule has 2 aliphatic rings. The third-order valence-corrected chi connectivity index (χ3v) is 5.68. The molecule has 0 saturated heterocycles. The first-order valence-electron chi connectivity index (χ1n) is 10.1. The Hall–Kier alpha value is -3.36. The Kier molecular flexibility index (Phi) is 4.45. The number of anilines is 2. The molecule has 0 fully saturated rings. The van der Waals surface area contributed by atoms with Crippen molar-refractivity contribution in [2.75, 3.05) is 23.3 Å². The van der Waals surface area contributed by atoms with Gasteiger partial charge in [0.05, 0.1) is 18.8 Å². The minimum Gasteiger partial charge on any atom is -0.489 e. The van der Waals surface area contributed by atoms with Crippen molar-refractivity contribution < 1.29 is 13.9 Å². The Labute approximate surface area is 173 Å². The third-order valence-electron chi connectivity index (χ3n) is 5.68. The number of rotatable bonds is 0. The zero-order chi connectivity index (χ0) is 20.8. The monoisotopic (exact) mass is 410 g/mol. The molecule has 8 nitrogen and oxygen atoms in total. The van der Waals surface area contributed by atoms with Crippen molar-refractivity contribution in [3.05, 3.63) is 47.5 Å². The van der Waals surface area contributed by atoms with Crippen molar-refractivity contribution in [1.29, 1.82) is 0 Å². The molecule has 0 spiro atoms. The molecule has 5 rings (SSSR count). The summed E-state index contributed by atoms with van der Waals surface area (Å²) in [4.78, 5) is 19.4. The summed E-state index contributed by atoms with van der Waals surface area (Å²) in [5.74, 6) is 1.12. The van der Waals surface area contributed by atoms with Gasteiger partial charge in [0.2, 0.25) is 0 Å². The van der Waals surface area contributed by atoms with Crippen LogP contribution in [0.15, 0.2) is 30.6 Å². The van der Waals surface area contributed by atoms with Gasteiger partial charge in [0.25, 0.3) is 0 Å². The Morgan fingerprint density at radius 1 is 1.30 bits per heavy atom. The molecular weight excluding hydrogens is 387 g/mol. The number of hydrogen-bond donors (Lipinski definition) is 2. The third kappa shape index (κ3) is 3.20. The maximum atomic E-state index is 14.2. The van der Waals surface area contributed by atoms with Crippen molar-refractivity contribution in [1.82, 2.24) is 19.9 Å². The van der Waals surface area contributed by atoms with Crippen LogP contribution in [0.4, 0.5) is 20.7 Å². The number of nitrogens with zero attached hydrogens (tertiary/aromatic N) is 4. The zero-order valence-corrected chi connectivity index (χ0v) is 16.9. The highest BCUT2D eigenvalue weighted by atomic mass is 19.1. The number of hydrogen-bond acceptors (Lipinski definition) is 5. The lowest BCUT2D eigenvalue weighted by Gasteiger charge is -2.36. The molecule has 30 heavy (non-hydrogen) atoms. The van der Waals surface area contributed by atoms with Gasteiger partial charge in [-0.2, -0.15) is 5.10 Å². The van der Waals surface area contributed by atoms with E-state index in [-0.39, 0.29) is 24.0 Å². The highest BCUT2D eigenvalue weighted by Crippen LogP contribution is 2.37. The van der Waals surface area contributed by atoms with Crippen LogP contribution in [0.3, 0.4) is 0 Å². The molecule has 2 atom stereocenters. The summed E-state index contributed by atoms with van der Waals surface area (Å²) in [5, 5.41) is 9.96. The average Bonchev–Trinajstić information content (AvgIpc) is 3.12. The first-order chi connectivity index (χ1) is 14.5. The van der Waals surface area contributed by atoms with Crippen LogP contribution in [0.2, 0.25) is 0 Å². The van der Waals surface area contributed by atoms with Crippen molar-refractivity contribution in [2.45, 2.75) is 38.8 Å². The normalized spacial score (nSPS) is 21.4. The van der Waals surface area contributed by atoms with Gasteiger partial charge in [-0.25, -0.2) is 18.7 Å². The number of halogens is 1. The quantitative estimate of drug-likeness (QED) is 0.594. The fraction of sp³-hybridized carbons (Fsp3) is 0.381. The summed E-state index contributed by atoms with van der Waals surface area (Å²) < 4.78 is 21.9. The fourth-order valence-electron chi connectivity index (χ4n) is 4.16. The largest absolute Gasteiger partial charge is 0.489 e. The van der Waals surface area contributed by atoms with E-state index >= 15 is 0 Å². The van der Waals surface area contributed by atoms with Crippen molar-refractivity contribution in [3.8, 4) is 5.75 Å². The number of nitrogens with one attached hydrogen (secondary N) is 2. The summed E-state index contributed by atoms with van der Waals surface area (Å²) in [6.07, 6.45) is 5.10. The van der Waals surface area contributed by atoms with Crippen LogP contribution in [0, 0.1) is 5.82 Å². The Morgan fingerprint density at radius 3 is 3.03 bits per heavy atom. The molecule has 0 saturated carbocycles. The molecule has 156 valence electrons. The van der Waals surface area contributed by atoms with E-state index in [1.807, 2.05) is 20.0 Å². The summed E-state index contributed by atoms with van der Waals surface area (Å²) in [6.45, 7) is 4.99. The second-order valence-electron chi connectivity index (χ2n) is 7.83. The molecule has 2 aliphatic heterocycles. The topological polar surface area (TPSA) is 83.8 Å². The molecule has 9 heteroatoms. The minimum atomic E-state index is -0.360. The van der Waals surface area contributed by atoms with Gasteiger partial charge in [0, 0.05) is 23.9 Å². The van der Waals surface area contributed by atoms with Gasteiger partial charge < -0.3 is 20.3 Å². The lowest BCUT2D eigenvalue weighted by molar-refractivity contribution is 0.209. The summed E-state index contributed by atoms with van der Waals surface area (Å²) >= 11 is 0. The van der Waals surface area contributed by atoms with E-state index in [9.17, 15) is 9.18 Å². The highest BCUT2D eigenvalue weighted by Gasteiger charge is 2.28. The van der Waals surface area contributed by atoms with Crippen LogP contribution in [0.25, 0.3) is 5.65 Å². The van der Waals surface area contributed by atoms with E-state index < -0.39 is 0 Å². The van der Waals surface area contributed by atoms with Gasteiger partial charge in [-0.1, -0.05) is 0 Å². The number of amides is 2. The number of aryl methyl sites for hydroxylation is 1. The first-order valence-corrected chi connectivity index (χ1v) is 10.1. The number of benzene rings is 1. The molecule has 4 heterocycles. The second kappa shape index (κ2) is 7.16. The smallest absolute Gasteiger partial charge is 0.319 e. The molecule has 0 aliphatic carbocycles. The number of urea groups is 1. The second-order valence-corrected chi connectivity index (χ2v) is 7.83. The standard InChI is InChI=1S/C21H23FN6O2/c1-12-9-23-21(29)25-17-10-24-28-11-14-4-3-7-27(19(14)26-20(17)28)13(2)16-8-15(22)5-6-18(16)30-12/h5-6,8,10-13H,3-4,7,9H2,1-2H3,(H2,23,25,29)/t12-,13+/m0/s1. The van der Waals surface area contributed by atoms with E-state index in [4.69, 9.17) is 9.72 Å². The first kappa shape index (κ1) is 18.7. The maximum absolute atomic E-state index is 14.2. The number of carbonyl (C=O) groups is 1. The van der Waals surface area contributed by atoms with Gasteiger partial charge in [0.1, 0.15) is 29.2 Å². The Balaban J connectivity index is 1.68. The van der Waals surface area contributed by atoms with E-state index in [0.29, 0.717) is 23.6 Å². The van der Waals surface area contributed by atoms with Crippen LogP contribution in [-0.2, 0) is 6.42 Å². The number of fused-ring (bicyclic) bond motifs is 1. The molecule has 2 aromatic heterocycles. The maximum Gasteiger partial charge on any atom is 0.319 e. The molecule has 3 aromatic rings. The molecule has 0 unspecified atom stereocenters. The molecule has 2 amide bonds. The predicted octanol–water partition coefficient (Wildman–Crippen LogP) is 3.28. The van der Waals surface area contributed by atoms with Gasteiger partial charge in [0.15, 0.2) is 5.65 Å². The predicted molar refractivity (Wildman–Crippen MR) is 111 cm³/mol. The van der Waals surface area contributed by atoms with Gasteiger partial charge in [-0.05, 0) is 44.9 Å². The number of ether oxygens (including phenoxy) is 1. The molecule has 2 N–H and O–H groups in total. The fourth-order valence-corrected chi connectivity index (χ4v) is 4.16. The van der Waals surface area contributed by atoms with Crippen LogP contribution in [0.5, 0.6) is 5.75 Å². The van der Waals surface area contributed by atoms with E-state index in [0.717, 1.165) is 36.3 Å². The lowest BCUT2D eigenvalue weighted by atomic mass is 10.0. The number of carbonyl (C=O) groups excluding carboxylic acids is 1. The van der Waals surface area contributed by atoms with Crippen LogP contribution in [0.1, 0.15) is 37.4 Å². The summed E-state index contributed by atoms with van der Waals surface area (Å²) in [7, 11) is 0. The van der Waals surface area contributed by atoms with Crippen LogP contribution >= 0.6 is 0 Å². The summed E-state index contributed by atoms with van der Waals surface area (Å²) in [6, 6.07) is 4.07. The van der Waals surface area contributed by atoms with Crippen LogP contribution < -0.4 is 20.3 Å². The average molecular weight is 410 g/mol. The van der Waals surface area contributed by atoms with Gasteiger partial charge >= 0.3 is 6.03 Å². The Morgan fingerprint density at radius 2 is 2.17 bits per heavy atom. The van der Waals surface area contributed by atoms with Crippen molar-refractivity contribution in [2.24, 2.45) is 0 Å². The van der Waals surface area contributed by atoms with Crippen molar-refractivity contribution >= 4 is 23.2 Å². The van der Waals surface area contributed by atoms with Gasteiger partial charge in [-0.15, -0.1) is 0 Å². The lowest BCUT2D eigenvalue weighted by Crippen LogP contribution is -2.37. The van der Waals surface area contributed by atoms with Crippen molar-refractivity contribution in [3.63, 3.8) is 0 Å². The van der Waals surface area contributed by atoms with E-state index in [1.54, 1.807) is 16.8 Å². The SMILES string of the molecule is C[C@@H]1c2cc(F)ccc2O[C@@H](C)CNC(=O)Nc2cnn3cc4c(nc23)N1CCC4. The molecule has 0 radical (unpaired) electrons. The zero-order valence-electron chi connectivity index (χ0n) is 16.9. The van der Waals surface area contributed by atoms with E-state index in [2.05, 4.69) is 20.6 Å². The minimum absolute atomic E-state index is 0.145. The van der Waals surface area contributed by atoms with Crippen LogP contribution in [-0.4, -0.2) is 39.8 Å². The summed E-state index contributed by atoms with van der Waals surface area (Å²) in [5.41, 5.74) is 2.93. The van der Waals surface area contributed by atoms with Gasteiger partial charge in [-0.3, -0.25) is 0 Å². The Bertz CT molecular complexity index is 1130.